The summed E-state index contributed by atoms with van der Waals surface area (Å²) in [5.74, 6) is 1.31. The quantitative estimate of drug-likeness (QED) is 0.615. The summed E-state index contributed by atoms with van der Waals surface area (Å²) in [4.78, 5) is 17.3. The number of rotatable bonds is 5. The number of aromatic amines is 1. The van der Waals surface area contributed by atoms with Gasteiger partial charge in [-0.15, -0.1) is 0 Å². The molecule has 4 rings (SSSR count). The lowest BCUT2D eigenvalue weighted by atomic mass is 9.97. The molecule has 2 aromatic heterocycles. The third-order valence-electron chi connectivity index (χ3n) is 5.11. The second kappa shape index (κ2) is 7.46. The summed E-state index contributed by atoms with van der Waals surface area (Å²) in [6, 6.07) is 9.22. The Morgan fingerprint density at radius 2 is 2.07 bits per heavy atom. The topological polar surface area (TPSA) is 109 Å². The molecule has 2 amide bonds. The molecule has 1 fully saturated rings. The van der Waals surface area contributed by atoms with Gasteiger partial charge in [0.1, 0.15) is 5.54 Å². The lowest BCUT2D eigenvalue weighted by molar-refractivity contribution is 0.232. The van der Waals surface area contributed by atoms with Crippen molar-refractivity contribution in [2.24, 2.45) is 0 Å². The highest BCUT2D eigenvalue weighted by Gasteiger charge is 2.41. The van der Waals surface area contributed by atoms with E-state index in [1.165, 1.54) is 0 Å². The zero-order valence-corrected chi connectivity index (χ0v) is 16.0. The summed E-state index contributed by atoms with van der Waals surface area (Å²) in [5.41, 5.74) is 1.96. The van der Waals surface area contributed by atoms with Crippen LogP contribution in [0, 0.1) is 0 Å². The van der Waals surface area contributed by atoms with E-state index in [9.17, 15) is 4.79 Å². The van der Waals surface area contributed by atoms with Crippen LogP contribution in [0.15, 0.2) is 41.1 Å². The van der Waals surface area contributed by atoms with Crippen molar-refractivity contribution in [3.05, 3.63) is 48.2 Å². The van der Waals surface area contributed by atoms with Gasteiger partial charge in [0.2, 0.25) is 5.89 Å². The number of nitrogens with zero attached hydrogens (tertiary/aromatic N) is 3. The van der Waals surface area contributed by atoms with Crippen LogP contribution >= 0.6 is 0 Å². The maximum Gasteiger partial charge on any atom is 0.320 e. The standard InChI is InChI=1S/C20H24N6O2/c1-13(2)17-23-18(26-28-17)20(9-3-4-10-20)24-19(27)22-15-7-5-6-14(12-15)16-8-11-21-25-16/h5-8,11-13H,3-4,9-10H2,1-2H3,(H,21,25)(H2,22,24,27). The van der Waals surface area contributed by atoms with Gasteiger partial charge in [0.15, 0.2) is 5.82 Å². The molecule has 2 heterocycles. The largest absolute Gasteiger partial charge is 0.339 e. The summed E-state index contributed by atoms with van der Waals surface area (Å²) in [6.07, 6.45) is 5.32. The number of aromatic nitrogens is 4. The molecular weight excluding hydrogens is 356 g/mol. The zero-order valence-electron chi connectivity index (χ0n) is 16.0. The molecule has 1 saturated carbocycles. The Hall–Kier alpha value is -3.16. The fraction of sp³-hybridized carbons (Fsp3) is 0.400. The third-order valence-corrected chi connectivity index (χ3v) is 5.11. The molecule has 0 spiro atoms. The van der Waals surface area contributed by atoms with E-state index in [1.54, 1.807) is 6.20 Å². The van der Waals surface area contributed by atoms with E-state index in [4.69, 9.17) is 4.52 Å². The molecule has 0 radical (unpaired) electrons. The molecule has 3 aromatic rings. The smallest absolute Gasteiger partial charge is 0.320 e. The molecule has 0 saturated heterocycles. The van der Waals surface area contributed by atoms with Crippen LogP contribution in [0.5, 0.6) is 0 Å². The van der Waals surface area contributed by atoms with Crippen molar-refractivity contribution >= 4 is 11.7 Å². The average Bonchev–Trinajstić information content (AvgIpc) is 3.43. The number of anilines is 1. The first kappa shape index (κ1) is 18.2. The van der Waals surface area contributed by atoms with Crippen LogP contribution < -0.4 is 10.6 Å². The van der Waals surface area contributed by atoms with Crippen molar-refractivity contribution in [2.75, 3.05) is 5.32 Å². The van der Waals surface area contributed by atoms with Crippen molar-refractivity contribution in [2.45, 2.75) is 51.0 Å². The molecule has 8 heteroatoms. The van der Waals surface area contributed by atoms with Crippen LogP contribution in [0.1, 0.15) is 57.2 Å². The minimum atomic E-state index is -0.582. The van der Waals surface area contributed by atoms with Crippen LogP contribution in [0.4, 0.5) is 10.5 Å². The molecule has 28 heavy (non-hydrogen) atoms. The fourth-order valence-electron chi connectivity index (χ4n) is 3.61. The first-order valence-electron chi connectivity index (χ1n) is 9.59. The number of hydrogen-bond donors (Lipinski definition) is 3. The molecule has 0 aliphatic heterocycles. The molecule has 146 valence electrons. The van der Waals surface area contributed by atoms with E-state index in [0.29, 0.717) is 17.4 Å². The first-order valence-corrected chi connectivity index (χ1v) is 9.59. The summed E-state index contributed by atoms with van der Waals surface area (Å²) in [5, 5.41) is 17.1. The Morgan fingerprint density at radius 1 is 1.25 bits per heavy atom. The maximum absolute atomic E-state index is 12.8. The number of hydrogen-bond acceptors (Lipinski definition) is 5. The fourth-order valence-corrected chi connectivity index (χ4v) is 3.61. The highest BCUT2D eigenvalue weighted by Crippen LogP contribution is 2.37. The van der Waals surface area contributed by atoms with E-state index in [-0.39, 0.29) is 11.9 Å². The van der Waals surface area contributed by atoms with Gasteiger partial charge in [-0.1, -0.05) is 44.0 Å². The van der Waals surface area contributed by atoms with Gasteiger partial charge in [0, 0.05) is 23.4 Å². The van der Waals surface area contributed by atoms with Gasteiger partial charge in [-0.2, -0.15) is 10.1 Å². The minimum absolute atomic E-state index is 0.152. The van der Waals surface area contributed by atoms with E-state index in [2.05, 4.69) is 31.0 Å². The number of benzene rings is 1. The average molecular weight is 380 g/mol. The maximum atomic E-state index is 12.8. The molecule has 0 unspecified atom stereocenters. The van der Waals surface area contributed by atoms with E-state index in [1.807, 2.05) is 44.2 Å². The second-order valence-electron chi connectivity index (χ2n) is 7.53. The number of urea groups is 1. The highest BCUT2D eigenvalue weighted by molar-refractivity contribution is 5.90. The molecule has 3 N–H and O–H groups in total. The predicted octanol–water partition coefficient (Wildman–Crippen LogP) is 4.17. The molecule has 0 atom stereocenters. The molecule has 1 aliphatic carbocycles. The number of carbonyl (C=O) groups is 1. The van der Waals surface area contributed by atoms with Gasteiger partial charge in [0.05, 0.1) is 5.69 Å². The molecule has 1 aromatic carbocycles. The van der Waals surface area contributed by atoms with Crippen LogP contribution in [-0.2, 0) is 5.54 Å². The van der Waals surface area contributed by atoms with E-state index >= 15 is 0 Å². The summed E-state index contributed by atoms with van der Waals surface area (Å²) >= 11 is 0. The van der Waals surface area contributed by atoms with Gasteiger partial charge in [0.25, 0.3) is 0 Å². The lowest BCUT2D eigenvalue weighted by Crippen LogP contribution is -2.46. The summed E-state index contributed by atoms with van der Waals surface area (Å²) in [7, 11) is 0. The number of nitrogens with one attached hydrogen (secondary N) is 3. The third kappa shape index (κ3) is 3.62. The number of H-pyrrole nitrogens is 1. The number of amides is 2. The Balaban J connectivity index is 1.50. The normalized spacial score (nSPS) is 15.7. The lowest BCUT2D eigenvalue weighted by Gasteiger charge is -2.26. The van der Waals surface area contributed by atoms with Crippen molar-refractivity contribution in [3.8, 4) is 11.3 Å². The first-order chi connectivity index (χ1) is 13.6. The molecule has 0 bridgehead atoms. The summed E-state index contributed by atoms with van der Waals surface area (Å²) in [6.45, 7) is 4.01. The molecular formula is C20H24N6O2. The van der Waals surface area contributed by atoms with E-state index in [0.717, 1.165) is 36.9 Å². The van der Waals surface area contributed by atoms with Crippen LogP contribution in [0.2, 0.25) is 0 Å². The Bertz CT molecular complexity index is 941. The molecule has 1 aliphatic rings. The van der Waals surface area contributed by atoms with Gasteiger partial charge in [-0.25, -0.2) is 4.79 Å². The van der Waals surface area contributed by atoms with Gasteiger partial charge >= 0.3 is 6.03 Å². The monoisotopic (exact) mass is 380 g/mol. The Kier molecular flexibility index (Phi) is 4.85. The van der Waals surface area contributed by atoms with Crippen LogP contribution in [0.3, 0.4) is 0 Å². The predicted molar refractivity (Wildman–Crippen MR) is 105 cm³/mol. The van der Waals surface area contributed by atoms with Crippen molar-refractivity contribution in [1.82, 2.24) is 25.7 Å². The Morgan fingerprint density at radius 3 is 2.75 bits per heavy atom. The van der Waals surface area contributed by atoms with Crippen molar-refractivity contribution < 1.29 is 9.32 Å². The summed E-state index contributed by atoms with van der Waals surface area (Å²) < 4.78 is 5.38. The van der Waals surface area contributed by atoms with E-state index < -0.39 is 5.54 Å². The second-order valence-corrected chi connectivity index (χ2v) is 7.53. The van der Waals surface area contributed by atoms with Crippen LogP contribution in [-0.4, -0.2) is 26.4 Å². The molecule has 8 nitrogen and oxygen atoms in total. The zero-order chi connectivity index (χ0) is 19.6. The van der Waals surface area contributed by atoms with Gasteiger partial charge < -0.3 is 15.2 Å². The van der Waals surface area contributed by atoms with Crippen LogP contribution in [0.25, 0.3) is 11.3 Å². The van der Waals surface area contributed by atoms with Gasteiger partial charge in [-0.05, 0) is 31.0 Å². The SMILES string of the molecule is CC(C)c1nc(C2(NC(=O)Nc3cccc(-c4ccn[nH]4)c3)CCCC2)no1. The van der Waals surface area contributed by atoms with Gasteiger partial charge in [-0.3, -0.25) is 5.10 Å². The Labute approximate surface area is 163 Å². The van der Waals surface area contributed by atoms with Crippen molar-refractivity contribution in [3.63, 3.8) is 0 Å². The van der Waals surface area contributed by atoms with Crippen molar-refractivity contribution in [1.29, 1.82) is 0 Å². The highest BCUT2D eigenvalue weighted by atomic mass is 16.5. The number of carbonyl (C=O) groups excluding carboxylic acids is 1. The minimum Gasteiger partial charge on any atom is -0.339 e.